The minimum absolute atomic E-state index is 0.348. The van der Waals surface area contributed by atoms with Gasteiger partial charge in [-0.25, -0.2) is 4.39 Å². The molecule has 0 saturated carbocycles. The molecule has 0 unspecified atom stereocenters. The van der Waals surface area contributed by atoms with E-state index in [4.69, 9.17) is 0 Å². The van der Waals surface area contributed by atoms with E-state index in [1.165, 1.54) is 18.5 Å². The molecule has 0 bridgehead atoms. The van der Waals surface area contributed by atoms with Crippen molar-refractivity contribution in [2.24, 2.45) is 0 Å². The van der Waals surface area contributed by atoms with Crippen LogP contribution in [0.5, 0.6) is 0 Å². The number of fused-ring (bicyclic) bond motifs is 1. The minimum atomic E-state index is -0.348. The van der Waals surface area contributed by atoms with Gasteiger partial charge in [-0.3, -0.25) is 5.21 Å². The van der Waals surface area contributed by atoms with Crippen LogP contribution in [0.25, 0.3) is 21.9 Å². The van der Waals surface area contributed by atoms with Crippen LogP contribution in [0.15, 0.2) is 48.8 Å². The van der Waals surface area contributed by atoms with Crippen molar-refractivity contribution in [3.05, 3.63) is 65.7 Å². The maximum atomic E-state index is 14.2. The number of nitrogens with zero attached hydrogens (tertiary/aromatic N) is 2. The number of hydrogen-bond donors (Lipinski definition) is 1. The molecule has 0 atom stereocenters. The highest BCUT2D eigenvalue weighted by Gasteiger charge is 2.15. The van der Waals surface area contributed by atoms with E-state index in [9.17, 15) is 14.9 Å². The fourth-order valence-corrected chi connectivity index (χ4v) is 2.50. The summed E-state index contributed by atoms with van der Waals surface area (Å²) in [6.45, 7) is 1.82. The lowest BCUT2D eigenvalue weighted by Gasteiger charge is -2.10. The zero-order valence-corrected chi connectivity index (χ0v) is 11.3. The van der Waals surface area contributed by atoms with Crippen LogP contribution in [0.3, 0.4) is 0 Å². The van der Waals surface area contributed by atoms with Crippen molar-refractivity contribution in [3.8, 4) is 17.2 Å². The van der Waals surface area contributed by atoms with Gasteiger partial charge in [-0.15, -0.1) is 0 Å². The number of rotatable bonds is 1. The Hall–Kier alpha value is -2.93. The van der Waals surface area contributed by atoms with Gasteiger partial charge in [0.25, 0.3) is 0 Å². The first kappa shape index (κ1) is 13.1. The molecule has 0 aliphatic carbocycles. The molecule has 102 valence electrons. The summed E-state index contributed by atoms with van der Waals surface area (Å²) in [5, 5.41) is 20.3. The van der Waals surface area contributed by atoms with Crippen molar-refractivity contribution in [2.75, 3.05) is 0 Å². The monoisotopic (exact) mass is 279 g/mol. The zero-order chi connectivity index (χ0) is 15.0. The second kappa shape index (κ2) is 4.88. The molecule has 0 fully saturated rings. The third-order valence-electron chi connectivity index (χ3n) is 3.51. The topological polar surface area (TPSA) is 47.9 Å². The lowest BCUT2D eigenvalue weighted by molar-refractivity contribution is -0.903. The fraction of sp³-hybridized carbons (Fsp3) is 0.0588. The summed E-state index contributed by atoms with van der Waals surface area (Å²) >= 11 is 0. The van der Waals surface area contributed by atoms with Crippen LogP contribution in [-0.4, -0.2) is 5.21 Å². The van der Waals surface area contributed by atoms with Gasteiger partial charge in [0.2, 0.25) is 12.4 Å². The number of hydrogen-bond acceptors (Lipinski definition) is 2. The molecule has 1 N–H and O–H groups in total. The molecule has 21 heavy (non-hydrogen) atoms. The quantitative estimate of drug-likeness (QED) is 0.548. The van der Waals surface area contributed by atoms with Gasteiger partial charge in [0, 0.05) is 21.9 Å². The molecule has 0 saturated heterocycles. The van der Waals surface area contributed by atoms with Gasteiger partial charge >= 0.3 is 0 Å². The third kappa shape index (κ3) is 2.19. The van der Waals surface area contributed by atoms with Gasteiger partial charge in [0.15, 0.2) is 0 Å². The Bertz CT molecular complexity index is 877. The molecule has 0 spiro atoms. The first-order valence-corrected chi connectivity index (χ1v) is 6.44. The number of nitriles is 1. The van der Waals surface area contributed by atoms with Crippen LogP contribution in [0.4, 0.5) is 4.39 Å². The normalized spacial score (nSPS) is 10.5. The third-order valence-corrected chi connectivity index (χ3v) is 3.51. The number of halogens is 1. The highest BCUT2D eigenvalue weighted by molar-refractivity contribution is 5.90. The summed E-state index contributed by atoms with van der Waals surface area (Å²) in [6.07, 6.45) is 3.00. The van der Waals surface area contributed by atoms with E-state index in [1.54, 1.807) is 24.3 Å². The molecular formula is C17H12FN2O+. The van der Waals surface area contributed by atoms with E-state index < -0.39 is 0 Å². The van der Waals surface area contributed by atoms with Crippen LogP contribution >= 0.6 is 0 Å². The second-order valence-electron chi connectivity index (χ2n) is 4.90. The molecular weight excluding hydrogens is 267 g/mol. The molecule has 3 rings (SSSR count). The lowest BCUT2D eigenvalue weighted by atomic mass is 9.93. The van der Waals surface area contributed by atoms with Crippen LogP contribution < -0.4 is 4.73 Å². The molecule has 0 amide bonds. The average Bonchev–Trinajstić information content (AvgIpc) is 2.46. The van der Waals surface area contributed by atoms with Crippen LogP contribution in [0.2, 0.25) is 0 Å². The Morgan fingerprint density at radius 1 is 1.19 bits per heavy atom. The van der Waals surface area contributed by atoms with E-state index in [2.05, 4.69) is 6.07 Å². The highest BCUT2D eigenvalue weighted by Crippen LogP contribution is 2.32. The summed E-state index contributed by atoms with van der Waals surface area (Å²) in [6, 6.07) is 12.1. The second-order valence-corrected chi connectivity index (χ2v) is 4.90. The van der Waals surface area contributed by atoms with Crippen molar-refractivity contribution in [1.82, 2.24) is 0 Å². The van der Waals surface area contributed by atoms with E-state index in [1.807, 2.05) is 13.0 Å². The minimum Gasteiger partial charge on any atom is -0.285 e. The summed E-state index contributed by atoms with van der Waals surface area (Å²) in [4.78, 5) is 0. The van der Waals surface area contributed by atoms with Crippen LogP contribution in [0.1, 0.15) is 11.1 Å². The Morgan fingerprint density at radius 2 is 2.00 bits per heavy atom. The highest BCUT2D eigenvalue weighted by atomic mass is 19.1. The van der Waals surface area contributed by atoms with Crippen molar-refractivity contribution in [2.45, 2.75) is 6.92 Å². The Kier molecular flexibility index (Phi) is 3.03. The van der Waals surface area contributed by atoms with Crippen molar-refractivity contribution >= 4 is 10.8 Å². The smallest absolute Gasteiger partial charge is 0.230 e. The van der Waals surface area contributed by atoms with Crippen LogP contribution in [0, 0.1) is 24.1 Å². The molecule has 3 nitrogen and oxygen atoms in total. The molecule has 4 heteroatoms. The molecule has 2 aromatic carbocycles. The van der Waals surface area contributed by atoms with Crippen molar-refractivity contribution in [3.63, 3.8) is 0 Å². The van der Waals surface area contributed by atoms with Gasteiger partial charge in [-0.05, 0) is 36.1 Å². The molecule has 0 aliphatic heterocycles. The summed E-state index contributed by atoms with van der Waals surface area (Å²) in [5.74, 6) is -0.348. The average molecular weight is 279 g/mol. The van der Waals surface area contributed by atoms with E-state index in [0.29, 0.717) is 22.1 Å². The van der Waals surface area contributed by atoms with E-state index in [0.717, 1.165) is 15.7 Å². The van der Waals surface area contributed by atoms with Gasteiger partial charge in [-0.2, -0.15) is 5.26 Å². The summed E-state index contributed by atoms with van der Waals surface area (Å²) < 4.78 is 15.1. The fourth-order valence-electron chi connectivity index (χ4n) is 2.50. The molecule has 0 aliphatic rings. The number of aryl methyl sites for hydroxylation is 1. The SMILES string of the molecule is Cc1cccc(F)c1-c1cc2cc[n+](O)cc2cc1C#N. The van der Waals surface area contributed by atoms with Gasteiger partial charge in [-0.1, -0.05) is 12.1 Å². The van der Waals surface area contributed by atoms with E-state index in [-0.39, 0.29) is 5.82 Å². The molecule has 3 aromatic rings. The Labute approximate surface area is 121 Å². The Morgan fingerprint density at radius 3 is 2.71 bits per heavy atom. The van der Waals surface area contributed by atoms with Crippen molar-refractivity contribution in [1.29, 1.82) is 5.26 Å². The predicted octanol–water partition coefficient (Wildman–Crippen LogP) is 3.35. The Balaban J connectivity index is 2.37. The maximum absolute atomic E-state index is 14.2. The van der Waals surface area contributed by atoms with Gasteiger partial charge in [0.05, 0.1) is 17.0 Å². The molecule has 1 aromatic heterocycles. The van der Waals surface area contributed by atoms with Crippen molar-refractivity contribution < 1.29 is 14.3 Å². The first-order valence-electron chi connectivity index (χ1n) is 6.44. The zero-order valence-electron chi connectivity index (χ0n) is 11.3. The number of benzene rings is 2. The summed E-state index contributed by atoms with van der Waals surface area (Å²) in [5.41, 5.74) is 2.16. The van der Waals surface area contributed by atoms with E-state index >= 15 is 0 Å². The number of aromatic nitrogens is 1. The van der Waals surface area contributed by atoms with Crippen LogP contribution in [-0.2, 0) is 0 Å². The predicted molar refractivity (Wildman–Crippen MR) is 76.2 cm³/mol. The largest absolute Gasteiger partial charge is 0.285 e. The molecule has 0 radical (unpaired) electrons. The number of pyridine rings is 1. The standard InChI is InChI=1S/C17H12FN2O/c1-11-3-2-4-16(18)17(11)15-8-12-5-6-20(21)10-14(12)7-13(15)9-19/h2-8,10,21H,1H3/q+1. The van der Waals surface area contributed by atoms with Gasteiger partial charge < -0.3 is 0 Å². The maximum Gasteiger partial charge on any atom is 0.230 e. The lowest BCUT2D eigenvalue weighted by Crippen LogP contribution is -2.27. The van der Waals surface area contributed by atoms with Gasteiger partial charge in [0.1, 0.15) is 5.82 Å². The molecule has 1 heterocycles. The summed E-state index contributed by atoms with van der Waals surface area (Å²) in [7, 11) is 0. The first-order chi connectivity index (χ1) is 10.1.